The van der Waals surface area contributed by atoms with Crippen LogP contribution in [0.1, 0.15) is 37.7 Å². The van der Waals surface area contributed by atoms with Crippen LogP contribution in [0.3, 0.4) is 0 Å². The van der Waals surface area contributed by atoms with E-state index < -0.39 is 17.2 Å². The predicted octanol–water partition coefficient (Wildman–Crippen LogP) is 2.32. The predicted molar refractivity (Wildman–Crippen MR) is 71.1 cm³/mol. The van der Waals surface area contributed by atoms with E-state index in [-0.39, 0.29) is 24.5 Å². The van der Waals surface area contributed by atoms with Crippen LogP contribution in [-0.2, 0) is 11.2 Å². The van der Waals surface area contributed by atoms with Crippen molar-refractivity contribution in [2.24, 2.45) is 0 Å². The Balaban J connectivity index is 2.03. The van der Waals surface area contributed by atoms with Gasteiger partial charge in [0.25, 0.3) is 0 Å². The number of aliphatic hydroxyl groups excluding tert-OH is 1. The maximum atomic E-state index is 13.5. The normalized spacial score (nSPS) is 17.8. The smallest absolute Gasteiger partial charge is 0.225 e. The zero-order valence-corrected chi connectivity index (χ0v) is 11.3. The van der Waals surface area contributed by atoms with E-state index in [1.54, 1.807) is 0 Å². The van der Waals surface area contributed by atoms with Crippen molar-refractivity contribution in [2.75, 3.05) is 6.61 Å². The molecule has 20 heavy (non-hydrogen) atoms. The van der Waals surface area contributed by atoms with E-state index in [2.05, 4.69) is 5.32 Å². The fraction of sp³-hybridized carbons (Fsp3) is 0.533. The molecule has 0 aromatic heterocycles. The average molecular weight is 283 g/mol. The molecule has 0 atom stereocenters. The zero-order valence-electron chi connectivity index (χ0n) is 11.3. The summed E-state index contributed by atoms with van der Waals surface area (Å²) in [6.07, 6.45) is 4.23. The second-order valence-corrected chi connectivity index (χ2v) is 5.44. The van der Waals surface area contributed by atoms with Crippen molar-refractivity contribution in [3.05, 3.63) is 35.4 Å². The van der Waals surface area contributed by atoms with Crippen molar-refractivity contribution >= 4 is 5.91 Å². The van der Waals surface area contributed by atoms with Crippen LogP contribution in [0.15, 0.2) is 18.2 Å². The summed E-state index contributed by atoms with van der Waals surface area (Å²) < 4.78 is 26.6. The lowest BCUT2D eigenvalue weighted by molar-refractivity contribution is -0.123. The number of hydrogen-bond donors (Lipinski definition) is 2. The lowest BCUT2D eigenvalue weighted by Gasteiger charge is -2.36. The molecule has 1 aliphatic rings. The summed E-state index contributed by atoms with van der Waals surface area (Å²) in [5.41, 5.74) is -0.564. The minimum Gasteiger partial charge on any atom is -0.394 e. The Bertz CT molecular complexity index is 485. The first-order chi connectivity index (χ1) is 9.56. The van der Waals surface area contributed by atoms with Gasteiger partial charge in [0, 0.05) is 5.56 Å². The first-order valence-electron chi connectivity index (χ1n) is 6.91. The molecule has 0 bridgehead atoms. The molecule has 1 saturated carbocycles. The van der Waals surface area contributed by atoms with Crippen molar-refractivity contribution in [3.63, 3.8) is 0 Å². The van der Waals surface area contributed by atoms with Gasteiger partial charge in [0.05, 0.1) is 18.6 Å². The lowest BCUT2D eigenvalue weighted by Crippen LogP contribution is -2.53. The van der Waals surface area contributed by atoms with Gasteiger partial charge in [-0.2, -0.15) is 0 Å². The maximum Gasteiger partial charge on any atom is 0.225 e. The Hall–Kier alpha value is -1.49. The molecule has 1 fully saturated rings. The maximum absolute atomic E-state index is 13.5. The van der Waals surface area contributed by atoms with E-state index in [0.717, 1.165) is 38.2 Å². The van der Waals surface area contributed by atoms with Crippen LogP contribution in [0.4, 0.5) is 8.78 Å². The summed E-state index contributed by atoms with van der Waals surface area (Å²) in [5, 5.41) is 12.3. The molecular formula is C15H19F2NO2. The fourth-order valence-corrected chi connectivity index (χ4v) is 2.75. The molecule has 0 radical (unpaired) electrons. The molecule has 1 aliphatic carbocycles. The topological polar surface area (TPSA) is 49.3 Å². The molecule has 110 valence electrons. The van der Waals surface area contributed by atoms with Gasteiger partial charge in [0.15, 0.2) is 11.6 Å². The van der Waals surface area contributed by atoms with Gasteiger partial charge in [-0.25, -0.2) is 8.78 Å². The molecule has 0 saturated heterocycles. The van der Waals surface area contributed by atoms with E-state index in [4.69, 9.17) is 0 Å². The molecule has 3 nitrogen and oxygen atoms in total. The van der Waals surface area contributed by atoms with Crippen molar-refractivity contribution in [1.82, 2.24) is 5.32 Å². The number of carbonyl (C=O) groups excluding carboxylic acids is 1. The van der Waals surface area contributed by atoms with Crippen molar-refractivity contribution in [2.45, 2.75) is 44.1 Å². The van der Waals surface area contributed by atoms with E-state index in [1.165, 1.54) is 12.1 Å². The molecule has 0 heterocycles. The minimum absolute atomic E-state index is 0.0337. The first-order valence-corrected chi connectivity index (χ1v) is 6.91. The second kappa shape index (κ2) is 6.31. The molecule has 5 heteroatoms. The number of nitrogens with one attached hydrogen (secondary N) is 1. The number of rotatable bonds is 4. The second-order valence-electron chi connectivity index (χ2n) is 5.44. The summed E-state index contributed by atoms with van der Waals surface area (Å²) in [7, 11) is 0. The van der Waals surface area contributed by atoms with Gasteiger partial charge >= 0.3 is 0 Å². The number of halogens is 2. The summed E-state index contributed by atoms with van der Waals surface area (Å²) in [6.45, 7) is -0.121. The monoisotopic (exact) mass is 283 g/mol. The number of carbonyl (C=O) groups is 1. The summed E-state index contributed by atoms with van der Waals surface area (Å²) in [5.74, 6) is -2.32. The quantitative estimate of drug-likeness (QED) is 0.891. The van der Waals surface area contributed by atoms with Gasteiger partial charge in [0.1, 0.15) is 0 Å². The van der Waals surface area contributed by atoms with Gasteiger partial charge < -0.3 is 10.4 Å². The van der Waals surface area contributed by atoms with Crippen LogP contribution >= 0.6 is 0 Å². The Morgan fingerprint density at radius 3 is 2.60 bits per heavy atom. The SMILES string of the molecule is O=C(Cc1cccc(F)c1F)NC1(CO)CCCCC1. The fourth-order valence-electron chi connectivity index (χ4n) is 2.75. The molecule has 0 aliphatic heterocycles. The van der Waals surface area contributed by atoms with E-state index in [0.29, 0.717) is 0 Å². The van der Waals surface area contributed by atoms with Gasteiger partial charge in [-0.1, -0.05) is 31.4 Å². The first kappa shape index (κ1) is 14.9. The Morgan fingerprint density at radius 2 is 1.95 bits per heavy atom. The Morgan fingerprint density at radius 1 is 1.25 bits per heavy atom. The lowest BCUT2D eigenvalue weighted by atomic mass is 9.82. The summed E-state index contributed by atoms with van der Waals surface area (Å²) in [6, 6.07) is 3.79. The van der Waals surface area contributed by atoms with Crippen molar-refractivity contribution in [3.8, 4) is 0 Å². The van der Waals surface area contributed by atoms with Crippen LogP contribution in [0.2, 0.25) is 0 Å². The molecule has 1 amide bonds. The van der Waals surface area contributed by atoms with Crippen LogP contribution in [-0.4, -0.2) is 23.2 Å². The third-order valence-corrected chi connectivity index (χ3v) is 3.90. The molecule has 0 unspecified atom stereocenters. The van der Waals surface area contributed by atoms with Crippen LogP contribution in [0.5, 0.6) is 0 Å². The Labute approximate surface area is 117 Å². The van der Waals surface area contributed by atoms with E-state index >= 15 is 0 Å². The number of hydrogen-bond acceptors (Lipinski definition) is 2. The molecule has 2 N–H and O–H groups in total. The van der Waals surface area contributed by atoms with Crippen LogP contribution in [0, 0.1) is 11.6 Å². The zero-order chi connectivity index (χ0) is 14.6. The highest BCUT2D eigenvalue weighted by Gasteiger charge is 2.32. The van der Waals surface area contributed by atoms with E-state index in [9.17, 15) is 18.7 Å². The van der Waals surface area contributed by atoms with Crippen LogP contribution in [0.25, 0.3) is 0 Å². The van der Waals surface area contributed by atoms with Gasteiger partial charge in [0.2, 0.25) is 5.91 Å². The standard InChI is InChI=1S/C15H19F2NO2/c16-12-6-4-5-11(14(12)17)9-13(20)18-15(10-19)7-2-1-3-8-15/h4-6,19H,1-3,7-10H2,(H,18,20). The highest BCUT2D eigenvalue weighted by atomic mass is 19.2. The molecular weight excluding hydrogens is 264 g/mol. The van der Waals surface area contributed by atoms with Crippen molar-refractivity contribution in [1.29, 1.82) is 0 Å². The van der Waals surface area contributed by atoms with Gasteiger partial charge in [-0.15, -0.1) is 0 Å². The molecule has 1 aromatic rings. The molecule has 0 spiro atoms. The largest absolute Gasteiger partial charge is 0.394 e. The molecule has 1 aromatic carbocycles. The highest BCUT2D eigenvalue weighted by Crippen LogP contribution is 2.27. The third kappa shape index (κ3) is 3.33. The molecule has 2 rings (SSSR count). The minimum atomic E-state index is -0.982. The van der Waals surface area contributed by atoms with Crippen molar-refractivity contribution < 1.29 is 18.7 Å². The third-order valence-electron chi connectivity index (χ3n) is 3.90. The Kier molecular flexibility index (Phi) is 4.70. The summed E-state index contributed by atoms with van der Waals surface area (Å²) >= 11 is 0. The highest BCUT2D eigenvalue weighted by molar-refractivity contribution is 5.79. The van der Waals surface area contributed by atoms with Crippen LogP contribution < -0.4 is 5.32 Å². The number of aliphatic hydroxyl groups is 1. The van der Waals surface area contributed by atoms with E-state index in [1.807, 2.05) is 0 Å². The van der Waals surface area contributed by atoms with Gasteiger partial charge in [-0.3, -0.25) is 4.79 Å². The number of amides is 1. The summed E-state index contributed by atoms with van der Waals surface area (Å²) in [4.78, 5) is 12.0. The van der Waals surface area contributed by atoms with Gasteiger partial charge in [-0.05, 0) is 18.9 Å². The number of benzene rings is 1. The average Bonchev–Trinajstić information content (AvgIpc) is 2.45.